The fourth-order valence-corrected chi connectivity index (χ4v) is 2.91. The summed E-state index contributed by atoms with van der Waals surface area (Å²) in [5.74, 6) is 0.268. The van der Waals surface area contributed by atoms with Crippen molar-refractivity contribution < 1.29 is 28.2 Å². The van der Waals surface area contributed by atoms with Crippen molar-refractivity contribution in [1.82, 2.24) is 0 Å². The number of benzene rings is 2. The minimum Gasteiger partial charge on any atom is -0.493 e. The highest BCUT2D eigenvalue weighted by Gasteiger charge is 2.11. The van der Waals surface area contributed by atoms with Crippen LogP contribution in [0.25, 0.3) is 11.0 Å². The van der Waals surface area contributed by atoms with E-state index in [1.165, 1.54) is 12.1 Å². The van der Waals surface area contributed by atoms with Crippen molar-refractivity contribution in [2.24, 2.45) is 0 Å². The van der Waals surface area contributed by atoms with Crippen LogP contribution in [0.15, 0.2) is 57.7 Å². The minimum absolute atomic E-state index is 0.0707. The van der Waals surface area contributed by atoms with Crippen LogP contribution in [0.3, 0.4) is 0 Å². The second-order valence-corrected chi connectivity index (χ2v) is 6.67. The fourth-order valence-electron chi connectivity index (χ4n) is 2.91. The van der Waals surface area contributed by atoms with Gasteiger partial charge in [-0.05, 0) is 37.6 Å². The SMILES string of the molecule is CCOC(=O)Nc1ccc2c(COC(=O)CCOc3ccccc3C)cc(=O)oc2c1. The van der Waals surface area contributed by atoms with E-state index in [0.717, 1.165) is 5.56 Å². The molecule has 0 bridgehead atoms. The number of hydrogen-bond donors (Lipinski definition) is 1. The van der Waals surface area contributed by atoms with Crippen molar-refractivity contribution in [3.8, 4) is 5.75 Å². The molecule has 2 aromatic carbocycles. The van der Waals surface area contributed by atoms with Gasteiger partial charge in [0.05, 0.1) is 19.6 Å². The number of carbonyl (C=O) groups excluding carboxylic acids is 2. The molecule has 0 atom stereocenters. The van der Waals surface area contributed by atoms with Crippen LogP contribution in [0, 0.1) is 6.92 Å². The van der Waals surface area contributed by atoms with Crippen LogP contribution in [0.5, 0.6) is 5.75 Å². The highest BCUT2D eigenvalue weighted by Crippen LogP contribution is 2.22. The largest absolute Gasteiger partial charge is 0.493 e. The maximum atomic E-state index is 12.1. The molecule has 0 aliphatic rings. The molecular formula is C23H23NO7. The van der Waals surface area contributed by atoms with Gasteiger partial charge < -0.3 is 18.6 Å². The molecule has 1 heterocycles. The number of esters is 1. The summed E-state index contributed by atoms with van der Waals surface area (Å²) in [6.07, 6.45) is -0.538. The molecule has 0 aliphatic heterocycles. The predicted molar refractivity (Wildman–Crippen MR) is 114 cm³/mol. The molecule has 8 heteroatoms. The highest BCUT2D eigenvalue weighted by atomic mass is 16.5. The van der Waals surface area contributed by atoms with Crippen LogP contribution >= 0.6 is 0 Å². The van der Waals surface area contributed by atoms with E-state index in [-0.39, 0.29) is 31.8 Å². The third-order valence-electron chi connectivity index (χ3n) is 4.40. The first kappa shape index (κ1) is 21.9. The average Bonchev–Trinajstić information content (AvgIpc) is 2.73. The van der Waals surface area contributed by atoms with E-state index >= 15 is 0 Å². The zero-order valence-corrected chi connectivity index (χ0v) is 17.3. The molecule has 8 nitrogen and oxygen atoms in total. The summed E-state index contributed by atoms with van der Waals surface area (Å²) >= 11 is 0. The maximum Gasteiger partial charge on any atom is 0.411 e. The quantitative estimate of drug-likeness (QED) is 0.426. The normalized spacial score (nSPS) is 10.5. The minimum atomic E-state index is -0.609. The first-order valence-electron chi connectivity index (χ1n) is 9.81. The third kappa shape index (κ3) is 6.08. The van der Waals surface area contributed by atoms with Crippen molar-refractivity contribution >= 4 is 28.7 Å². The number of carbonyl (C=O) groups is 2. The number of anilines is 1. The molecule has 0 aliphatic carbocycles. The molecule has 0 saturated heterocycles. The Balaban J connectivity index is 1.61. The molecular weight excluding hydrogens is 402 g/mol. The Kier molecular flexibility index (Phi) is 7.26. The van der Waals surface area contributed by atoms with E-state index in [9.17, 15) is 14.4 Å². The van der Waals surface area contributed by atoms with Crippen LogP contribution in [-0.4, -0.2) is 25.3 Å². The Morgan fingerprint density at radius 2 is 1.87 bits per heavy atom. The molecule has 162 valence electrons. The van der Waals surface area contributed by atoms with Gasteiger partial charge in [0.25, 0.3) is 0 Å². The lowest BCUT2D eigenvalue weighted by Crippen LogP contribution is -2.13. The fraction of sp³-hybridized carbons (Fsp3) is 0.261. The standard InChI is InChI=1S/C23H23NO7/c1-3-28-23(27)24-17-8-9-18-16(12-22(26)31-20(18)13-17)14-30-21(25)10-11-29-19-7-5-4-6-15(19)2/h4-9,12-13H,3,10-11,14H2,1-2H3,(H,24,27). The van der Waals surface area contributed by atoms with Crippen LogP contribution in [0.4, 0.5) is 10.5 Å². The molecule has 0 spiro atoms. The van der Waals surface area contributed by atoms with E-state index < -0.39 is 17.7 Å². The Bertz CT molecular complexity index is 1140. The van der Waals surface area contributed by atoms with Gasteiger partial charge in [0.15, 0.2) is 0 Å². The molecule has 0 saturated carbocycles. The Hall–Kier alpha value is -3.81. The molecule has 0 fully saturated rings. The molecule has 3 rings (SSSR count). The van der Waals surface area contributed by atoms with Gasteiger partial charge in [-0.25, -0.2) is 9.59 Å². The van der Waals surface area contributed by atoms with Crippen molar-refractivity contribution in [2.45, 2.75) is 26.9 Å². The molecule has 1 N–H and O–H groups in total. The lowest BCUT2D eigenvalue weighted by atomic mass is 10.1. The second kappa shape index (κ2) is 10.3. The third-order valence-corrected chi connectivity index (χ3v) is 4.40. The summed E-state index contributed by atoms with van der Waals surface area (Å²) in [6, 6.07) is 13.6. The molecule has 1 aromatic heterocycles. The number of rotatable bonds is 8. The monoisotopic (exact) mass is 425 g/mol. The molecule has 0 unspecified atom stereocenters. The van der Waals surface area contributed by atoms with Gasteiger partial charge in [0.2, 0.25) is 0 Å². The summed E-state index contributed by atoms with van der Waals surface area (Å²) in [5, 5.41) is 3.14. The first-order valence-corrected chi connectivity index (χ1v) is 9.81. The van der Waals surface area contributed by atoms with E-state index in [1.807, 2.05) is 31.2 Å². The van der Waals surface area contributed by atoms with Gasteiger partial charge >= 0.3 is 17.7 Å². The number of amides is 1. The highest BCUT2D eigenvalue weighted by molar-refractivity contribution is 5.90. The smallest absolute Gasteiger partial charge is 0.411 e. The summed E-state index contributed by atoms with van der Waals surface area (Å²) in [7, 11) is 0. The Morgan fingerprint density at radius 3 is 2.65 bits per heavy atom. The number of ether oxygens (including phenoxy) is 3. The first-order chi connectivity index (χ1) is 15.0. The molecule has 3 aromatic rings. The van der Waals surface area contributed by atoms with E-state index in [4.69, 9.17) is 18.6 Å². The van der Waals surface area contributed by atoms with Gasteiger partial charge in [-0.2, -0.15) is 0 Å². The predicted octanol–water partition coefficient (Wildman–Crippen LogP) is 4.18. The van der Waals surface area contributed by atoms with Gasteiger partial charge in [-0.15, -0.1) is 0 Å². The number of nitrogens with one attached hydrogen (secondary N) is 1. The molecule has 1 amide bonds. The van der Waals surface area contributed by atoms with Crippen molar-refractivity contribution in [3.05, 3.63) is 70.1 Å². The summed E-state index contributed by atoms with van der Waals surface area (Å²) in [5.41, 5.74) is 1.57. The van der Waals surface area contributed by atoms with Gasteiger partial charge in [0.1, 0.15) is 17.9 Å². The van der Waals surface area contributed by atoms with Crippen LogP contribution in [0.1, 0.15) is 24.5 Å². The van der Waals surface area contributed by atoms with Crippen LogP contribution in [0.2, 0.25) is 0 Å². The zero-order chi connectivity index (χ0) is 22.2. The lowest BCUT2D eigenvalue weighted by molar-refractivity contribution is -0.145. The van der Waals surface area contributed by atoms with Crippen LogP contribution in [-0.2, 0) is 20.9 Å². The van der Waals surface area contributed by atoms with Crippen molar-refractivity contribution in [2.75, 3.05) is 18.5 Å². The number of fused-ring (bicyclic) bond motifs is 1. The lowest BCUT2D eigenvalue weighted by Gasteiger charge is -2.10. The van der Waals surface area contributed by atoms with E-state index in [2.05, 4.69) is 5.32 Å². The summed E-state index contributed by atoms with van der Waals surface area (Å²) < 4.78 is 20.9. The van der Waals surface area contributed by atoms with Gasteiger partial charge in [-0.1, -0.05) is 18.2 Å². The number of para-hydroxylation sites is 1. The Labute approximate surface area is 178 Å². The van der Waals surface area contributed by atoms with Crippen molar-refractivity contribution in [3.63, 3.8) is 0 Å². The van der Waals surface area contributed by atoms with Gasteiger partial charge in [0, 0.05) is 28.8 Å². The van der Waals surface area contributed by atoms with Gasteiger partial charge in [-0.3, -0.25) is 10.1 Å². The second-order valence-electron chi connectivity index (χ2n) is 6.67. The van der Waals surface area contributed by atoms with E-state index in [1.54, 1.807) is 19.1 Å². The molecule has 0 radical (unpaired) electrons. The van der Waals surface area contributed by atoms with E-state index in [0.29, 0.717) is 22.4 Å². The zero-order valence-electron chi connectivity index (χ0n) is 17.3. The topological polar surface area (TPSA) is 104 Å². The van der Waals surface area contributed by atoms with Crippen molar-refractivity contribution in [1.29, 1.82) is 0 Å². The Morgan fingerprint density at radius 1 is 1.06 bits per heavy atom. The summed E-state index contributed by atoms with van der Waals surface area (Å²) in [6.45, 7) is 3.95. The van der Waals surface area contributed by atoms with Crippen LogP contribution < -0.4 is 15.7 Å². The number of aryl methyl sites for hydroxylation is 1. The number of hydrogen-bond acceptors (Lipinski definition) is 7. The summed E-state index contributed by atoms with van der Waals surface area (Å²) in [4.78, 5) is 35.6. The average molecular weight is 425 g/mol. The molecule has 31 heavy (non-hydrogen) atoms. The maximum absolute atomic E-state index is 12.1.